The second kappa shape index (κ2) is 11.2. The van der Waals surface area contributed by atoms with Crippen molar-refractivity contribution in [3.8, 4) is 5.75 Å². The zero-order valence-corrected chi connectivity index (χ0v) is 20.4. The van der Waals surface area contributed by atoms with Gasteiger partial charge in [-0.1, -0.05) is 0 Å². The van der Waals surface area contributed by atoms with Gasteiger partial charge in [-0.05, 0) is 54.7 Å². The van der Waals surface area contributed by atoms with E-state index in [0.29, 0.717) is 31.1 Å². The summed E-state index contributed by atoms with van der Waals surface area (Å²) in [6, 6.07) is 8.66. The third-order valence-corrected chi connectivity index (χ3v) is 7.37. The van der Waals surface area contributed by atoms with E-state index in [1.54, 1.807) is 11.1 Å². The van der Waals surface area contributed by atoms with Gasteiger partial charge in [-0.3, -0.25) is 9.78 Å². The van der Waals surface area contributed by atoms with Gasteiger partial charge in [0, 0.05) is 76.5 Å². The molecular formula is C27H33FN4O4. The number of amides is 3. The van der Waals surface area contributed by atoms with E-state index in [9.17, 15) is 14.0 Å². The molecule has 2 aromatic rings. The largest absolute Gasteiger partial charge is 0.490 e. The highest BCUT2D eigenvalue weighted by molar-refractivity contribution is 5.90. The number of carbonyl (C=O) groups excluding carboxylic acids is 2. The standard InChI is InChI=1S/C27H33FN4O4/c28-22-14-20(15-29-16-22)21-17-32(18-21)27(34)30-23-1-3-24(4-2-23)36-25-5-9-31(10-6-25)26(33)13-19-7-11-35-12-8-19/h1-4,14-16,19,21,25H,5-13,17-18H2,(H,30,34). The van der Waals surface area contributed by atoms with Gasteiger partial charge in [0.15, 0.2) is 0 Å². The molecule has 0 spiro atoms. The summed E-state index contributed by atoms with van der Waals surface area (Å²) in [6.07, 6.45) is 7.12. The second-order valence-electron chi connectivity index (χ2n) is 9.95. The van der Waals surface area contributed by atoms with Crippen molar-refractivity contribution in [3.05, 3.63) is 54.1 Å². The number of urea groups is 1. The summed E-state index contributed by atoms with van der Waals surface area (Å²) in [4.78, 5) is 32.7. The number of ether oxygens (including phenoxy) is 2. The summed E-state index contributed by atoms with van der Waals surface area (Å²) >= 11 is 0. The molecule has 3 aliphatic heterocycles. The number of anilines is 1. The summed E-state index contributed by atoms with van der Waals surface area (Å²) in [5, 5.41) is 2.90. The molecule has 3 saturated heterocycles. The van der Waals surface area contributed by atoms with Gasteiger partial charge in [0.25, 0.3) is 0 Å². The molecule has 3 aliphatic rings. The normalized spacial score (nSPS) is 19.6. The molecule has 0 aliphatic carbocycles. The number of pyridine rings is 1. The number of nitrogens with one attached hydrogen (secondary N) is 1. The Labute approximate surface area is 210 Å². The van der Waals surface area contributed by atoms with Gasteiger partial charge in [-0.25, -0.2) is 9.18 Å². The lowest BCUT2D eigenvalue weighted by Crippen LogP contribution is -2.50. The van der Waals surface area contributed by atoms with Gasteiger partial charge in [-0.2, -0.15) is 0 Å². The van der Waals surface area contributed by atoms with Crippen LogP contribution in [0.3, 0.4) is 0 Å². The Hall–Kier alpha value is -3.20. The molecule has 9 heteroatoms. The summed E-state index contributed by atoms with van der Waals surface area (Å²) < 4.78 is 24.9. The molecule has 0 atom stereocenters. The molecule has 4 heterocycles. The lowest BCUT2D eigenvalue weighted by Gasteiger charge is -2.39. The van der Waals surface area contributed by atoms with E-state index in [1.165, 1.54) is 12.3 Å². The second-order valence-corrected chi connectivity index (χ2v) is 9.95. The van der Waals surface area contributed by atoms with Crippen molar-refractivity contribution >= 4 is 17.6 Å². The van der Waals surface area contributed by atoms with Crippen LogP contribution < -0.4 is 10.1 Å². The fourth-order valence-corrected chi connectivity index (χ4v) is 5.07. The van der Waals surface area contributed by atoms with Crippen molar-refractivity contribution in [2.75, 3.05) is 44.7 Å². The van der Waals surface area contributed by atoms with Crippen LogP contribution in [0.5, 0.6) is 5.75 Å². The van der Waals surface area contributed by atoms with Crippen LogP contribution in [0.2, 0.25) is 0 Å². The molecule has 192 valence electrons. The highest BCUT2D eigenvalue weighted by Gasteiger charge is 2.32. The van der Waals surface area contributed by atoms with E-state index in [-0.39, 0.29) is 29.8 Å². The summed E-state index contributed by atoms with van der Waals surface area (Å²) in [5.41, 5.74) is 1.51. The number of benzene rings is 1. The van der Waals surface area contributed by atoms with Crippen LogP contribution >= 0.6 is 0 Å². The predicted octanol–water partition coefficient (Wildman–Crippen LogP) is 4.04. The van der Waals surface area contributed by atoms with Gasteiger partial charge in [0.05, 0.1) is 6.20 Å². The Morgan fingerprint density at radius 3 is 2.44 bits per heavy atom. The number of hydrogen-bond acceptors (Lipinski definition) is 5. The Bertz CT molecular complexity index is 1050. The van der Waals surface area contributed by atoms with Gasteiger partial charge >= 0.3 is 6.03 Å². The molecule has 8 nitrogen and oxygen atoms in total. The maximum absolute atomic E-state index is 13.4. The van der Waals surface area contributed by atoms with Gasteiger partial charge in [0.2, 0.25) is 5.91 Å². The predicted molar refractivity (Wildman–Crippen MR) is 132 cm³/mol. The number of nitrogens with zero attached hydrogens (tertiary/aromatic N) is 3. The van der Waals surface area contributed by atoms with Crippen molar-refractivity contribution in [2.24, 2.45) is 5.92 Å². The summed E-state index contributed by atoms with van der Waals surface area (Å²) in [5.74, 6) is 1.21. The molecule has 3 fully saturated rings. The first-order valence-corrected chi connectivity index (χ1v) is 12.8. The molecule has 0 radical (unpaired) electrons. The van der Waals surface area contributed by atoms with Gasteiger partial charge < -0.3 is 24.6 Å². The Balaban J connectivity index is 1.02. The number of carbonyl (C=O) groups is 2. The molecule has 1 aromatic carbocycles. The Kier molecular flexibility index (Phi) is 7.65. The number of aromatic nitrogens is 1. The fraction of sp³-hybridized carbons (Fsp3) is 0.519. The van der Waals surface area contributed by atoms with Gasteiger partial charge in [0.1, 0.15) is 17.7 Å². The summed E-state index contributed by atoms with van der Waals surface area (Å²) in [6.45, 7) is 4.06. The number of piperidine rings is 1. The molecule has 0 saturated carbocycles. The molecule has 0 unspecified atom stereocenters. The lowest BCUT2D eigenvalue weighted by molar-refractivity contribution is -0.134. The van der Waals surface area contributed by atoms with Crippen LogP contribution in [0, 0.1) is 11.7 Å². The van der Waals surface area contributed by atoms with E-state index < -0.39 is 0 Å². The maximum Gasteiger partial charge on any atom is 0.321 e. The van der Waals surface area contributed by atoms with Crippen molar-refractivity contribution in [2.45, 2.75) is 44.1 Å². The van der Waals surface area contributed by atoms with Crippen LogP contribution in [0.15, 0.2) is 42.7 Å². The van der Waals surface area contributed by atoms with Crippen molar-refractivity contribution in [1.29, 1.82) is 0 Å². The van der Waals surface area contributed by atoms with Crippen molar-refractivity contribution in [3.63, 3.8) is 0 Å². The zero-order valence-electron chi connectivity index (χ0n) is 20.4. The third-order valence-electron chi connectivity index (χ3n) is 7.37. The average molecular weight is 497 g/mol. The Morgan fingerprint density at radius 2 is 1.75 bits per heavy atom. The van der Waals surface area contributed by atoms with E-state index in [1.807, 2.05) is 29.2 Å². The number of likely N-dealkylation sites (tertiary alicyclic amines) is 2. The molecule has 1 N–H and O–H groups in total. The minimum Gasteiger partial charge on any atom is -0.490 e. The molecule has 36 heavy (non-hydrogen) atoms. The number of hydrogen-bond donors (Lipinski definition) is 1. The minimum atomic E-state index is -0.359. The first-order chi connectivity index (χ1) is 17.5. The van der Waals surface area contributed by atoms with Crippen molar-refractivity contribution < 1.29 is 23.5 Å². The topological polar surface area (TPSA) is 84.0 Å². The average Bonchev–Trinajstić information content (AvgIpc) is 2.85. The van der Waals surface area contributed by atoms with E-state index in [0.717, 1.165) is 63.3 Å². The van der Waals surface area contributed by atoms with Crippen LogP contribution in [0.4, 0.5) is 14.9 Å². The highest BCUT2D eigenvalue weighted by Crippen LogP contribution is 2.28. The van der Waals surface area contributed by atoms with E-state index >= 15 is 0 Å². The molecular weight excluding hydrogens is 463 g/mol. The van der Waals surface area contributed by atoms with E-state index in [4.69, 9.17) is 9.47 Å². The molecule has 3 amide bonds. The van der Waals surface area contributed by atoms with Gasteiger partial charge in [-0.15, -0.1) is 0 Å². The number of rotatable bonds is 6. The maximum atomic E-state index is 13.4. The van der Waals surface area contributed by atoms with E-state index in [2.05, 4.69) is 10.3 Å². The minimum absolute atomic E-state index is 0.0768. The third kappa shape index (κ3) is 6.13. The fourth-order valence-electron chi connectivity index (χ4n) is 5.07. The first kappa shape index (κ1) is 24.5. The quantitative estimate of drug-likeness (QED) is 0.653. The zero-order chi connectivity index (χ0) is 24.9. The van der Waals surface area contributed by atoms with Crippen LogP contribution in [0.1, 0.15) is 43.6 Å². The Morgan fingerprint density at radius 1 is 1.03 bits per heavy atom. The highest BCUT2D eigenvalue weighted by atomic mass is 19.1. The SMILES string of the molecule is O=C(CC1CCOCC1)N1CCC(Oc2ccc(NC(=O)N3CC(c4cncc(F)c4)C3)cc2)CC1. The smallest absolute Gasteiger partial charge is 0.321 e. The van der Waals surface area contributed by atoms with Crippen molar-refractivity contribution in [1.82, 2.24) is 14.8 Å². The lowest BCUT2D eigenvalue weighted by atomic mass is 9.93. The molecule has 0 bridgehead atoms. The first-order valence-electron chi connectivity index (χ1n) is 12.8. The number of halogens is 1. The monoisotopic (exact) mass is 496 g/mol. The van der Waals surface area contributed by atoms with Crippen LogP contribution in [-0.2, 0) is 9.53 Å². The molecule has 5 rings (SSSR count). The van der Waals surface area contributed by atoms with Crippen LogP contribution in [-0.4, -0.2) is 72.2 Å². The van der Waals surface area contributed by atoms with Crippen LogP contribution in [0.25, 0.3) is 0 Å². The molecule has 1 aromatic heterocycles. The summed E-state index contributed by atoms with van der Waals surface area (Å²) in [7, 11) is 0.